The summed E-state index contributed by atoms with van der Waals surface area (Å²) in [5, 5.41) is 8.72. The molecule has 2 N–H and O–H groups in total. The minimum absolute atomic E-state index is 0.588. The van der Waals surface area contributed by atoms with Gasteiger partial charge in [-0.05, 0) is 12.8 Å². The van der Waals surface area contributed by atoms with Crippen LogP contribution in [0.2, 0.25) is 0 Å². The van der Waals surface area contributed by atoms with E-state index in [9.17, 15) is 0 Å². The van der Waals surface area contributed by atoms with Crippen LogP contribution >= 0.6 is 11.8 Å². The van der Waals surface area contributed by atoms with E-state index in [2.05, 4.69) is 16.9 Å². The predicted molar refractivity (Wildman–Crippen MR) is 60.2 cm³/mol. The second-order valence-corrected chi connectivity index (χ2v) is 4.27. The van der Waals surface area contributed by atoms with Gasteiger partial charge in [0.2, 0.25) is 0 Å². The van der Waals surface area contributed by atoms with Crippen LogP contribution in [0.5, 0.6) is 0 Å². The summed E-state index contributed by atoms with van der Waals surface area (Å²) in [6, 6.07) is 0. The van der Waals surface area contributed by atoms with Crippen molar-refractivity contribution in [1.29, 1.82) is 0 Å². The van der Waals surface area contributed by atoms with Gasteiger partial charge in [-0.25, -0.2) is 0 Å². The van der Waals surface area contributed by atoms with Gasteiger partial charge in [0.25, 0.3) is 0 Å². The van der Waals surface area contributed by atoms with Crippen molar-refractivity contribution in [3.8, 4) is 0 Å². The monoisotopic (exact) mass is 199 g/mol. The fraction of sp³-hybridized carbons (Fsp3) is 0.778. The van der Waals surface area contributed by atoms with E-state index >= 15 is 0 Å². The number of hydrogen-bond acceptors (Lipinski definition) is 4. The predicted octanol–water partition coefficient (Wildman–Crippen LogP) is 2.23. The highest BCUT2D eigenvalue weighted by Crippen LogP contribution is 2.28. The lowest BCUT2D eigenvalue weighted by atomic mass is 9.90. The first-order chi connectivity index (χ1) is 6.38. The van der Waals surface area contributed by atoms with Gasteiger partial charge in [0.1, 0.15) is 5.04 Å². The van der Waals surface area contributed by atoms with Gasteiger partial charge in [0.15, 0.2) is 0 Å². The van der Waals surface area contributed by atoms with Crippen molar-refractivity contribution in [3.63, 3.8) is 0 Å². The zero-order valence-electron chi connectivity index (χ0n) is 7.91. The molecule has 0 aliphatic heterocycles. The van der Waals surface area contributed by atoms with Gasteiger partial charge in [-0.2, -0.15) is 5.10 Å². The number of nitrogens with zero attached hydrogens (tertiary/aromatic N) is 2. The zero-order chi connectivity index (χ0) is 9.52. The quantitative estimate of drug-likeness (QED) is 0.328. The third-order valence-corrected chi connectivity index (χ3v) is 3.23. The second-order valence-electron chi connectivity index (χ2n) is 3.23. The molecule has 1 aliphatic rings. The second kappa shape index (κ2) is 6.16. The molecular formula is C9H17N3S. The van der Waals surface area contributed by atoms with Crippen LogP contribution in [-0.4, -0.2) is 17.6 Å². The molecule has 0 spiro atoms. The normalized spacial score (nSPS) is 20.2. The van der Waals surface area contributed by atoms with Crippen LogP contribution in [0.25, 0.3) is 0 Å². The van der Waals surface area contributed by atoms with Crippen molar-refractivity contribution >= 4 is 23.5 Å². The summed E-state index contributed by atoms with van der Waals surface area (Å²) >= 11 is 1.60. The van der Waals surface area contributed by atoms with Crippen molar-refractivity contribution in [1.82, 2.24) is 0 Å². The maximum absolute atomic E-state index is 5.49. The van der Waals surface area contributed by atoms with Crippen molar-refractivity contribution < 1.29 is 0 Å². The molecule has 0 unspecified atom stereocenters. The number of rotatable bonds is 3. The van der Waals surface area contributed by atoms with Crippen molar-refractivity contribution in [2.75, 3.05) is 5.88 Å². The summed E-state index contributed by atoms with van der Waals surface area (Å²) < 4.78 is 0. The molecule has 1 fully saturated rings. The molecule has 0 heterocycles. The molecular weight excluding hydrogens is 182 g/mol. The molecule has 0 radical (unpaired) electrons. The Balaban J connectivity index is 2.51. The van der Waals surface area contributed by atoms with Crippen molar-refractivity contribution in [3.05, 3.63) is 0 Å². The summed E-state index contributed by atoms with van der Waals surface area (Å²) in [6.07, 6.45) is 6.46. The Morgan fingerprint density at radius 1 is 1.38 bits per heavy atom. The van der Waals surface area contributed by atoms with Gasteiger partial charge in [0, 0.05) is 18.5 Å². The van der Waals surface area contributed by atoms with Gasteiger partial charge >= 0.3 is 0 Å². The molecule has 4 heteroatoms. The van der Waals surface area contributed by atoms with Crippen molar-refractivity contribution in [2.24, 2.45) is 21.9 Å². The Kier molecular flexibility index (Phi) is 5.08. The lowest BCUT2D eigenvalue weighted by Crippen LogP contribution is -2.16. The minimum Gasteiger partial charge on any atom is -0.322 e. The molecule has 0 bridgehead atoms. The Morgan fingerprint density at radius 3 is 2.62 bits per heavy atom. The number of hydrogen-bond donors (Lipinski definition) is 1. The maximum Gasteiger partial charge on any atom is 0.100 e. The van der Waals surface area contributed by atoms with Gasteiger partial charge in [-0.3, -0.25) is 0 Å². The molecule has 13 heavy (non-hydrogen) atoms. The molecule has 74 valence electrons. The van der Waals surface area contributed by atoms with Gasteiger partial charge in [0.05, 0.1) is 0 Å². The van der Waals surface area contributed by atoms with Crippen LogP contribution in [0, 0.1) is 5.92 Å². The van der Waals surface area contributed by atoms with Crippen LogP contribution in [0.3, 0.4) is 0 Å². The summed E-state index contributed by atoms with van der Waals surface area (Å²) in [7, 11) is 0. The minimum atomic E-state index is 0.588. The average molecular weight is 199 g/mol. The third kappa shape index (κ3) is 3.48. The first kappa shape index (κ1) is 10.7. The van der Waals surface area contributed by atoms with Crippen molar-refractivity contribution in [2.45, 2.75) is 32.1 Å². The topological polar surface area (TPSA) is 50.7 Å². The highest BCUT2D eigenvalue weighted by molar-refractivity contribution is 8.13. The first-order valence-corrected chi connectivity index (χ1v) is 5.73. The molecule has 0 atom stereocenters. The summed E-state index contributed by atoms with van der Waals surface area (Å²) in [6.45, 7) is 3.39. The molecule has 0 aromatic rings. The van der Waals surface area contributed by atoms with E-state index in [0.29, 0.717) is 11.8 Å². The van der Waals surface area contributed by atoms with E-state index in [1.54, 1.807) is 11.8 Å². The lowest BCUT2D eigenvalue weighted by molar-refractivity contribution is 0.442. The van der Waals surface area contributed by atoms with Gasteiger partial charge in [-0.1, -0.05) is 31.0 Å². The largest absolute Gasteiger partial charge is 0.322 e. The summed E-state index contributed by atoms with van der Waals surface area (Å²) in [5.41, 5.74) is 5.49. The van der Waals surface area contributed by atoms with Crippen LogP contribution in [0.15, 0.2) is 10.2 Å². The summed E-state index contributed by atoms with van der Waals surface area (Å²) in [5.74, 6) is 1.18. The lowest BCUT2D eigenvalue weighted by Gasteiger charge is -2.21. The standard InChI is InChI=1S/C9H17N3S/c1-11-12-9(13-7-10)8-5-3-2-4-6-8/h8H,1-7,10H2/b12-9-. The molecule has 0 saturated heterocycles. The fourth-order valence-electron chi connectivity index (χ4n) is 1.73. The Labute approximate surface area is 83.9 Å². The SMILES string of the molecule is C=N/N=C(\SCN)C1CCCCC1. The smallest absolute Gasteiger partial charge is 0.100 e. The van der Waals surface area contributed by atoms with E-state index in [1.165, 1.54) is 32.1 Å². The highest BCUT2D eigenvalue weighted by atomic mass is 32.2. The zero-order valence-corrected chi connectivity index (χ0v) is 8.72. The summed E-state index contributed by atoms with van der Waals surface area (Å²) in [4.78, 5) is 0. The van der Waals surface area contributed by atoms with Crippen LogP contribution in [0.4, 0.5) is 0 Å². The Bertz CT molecular complexity index is 185. The van der Waals surface area contributed by atoms with E-state index in [-0.39, 0.29) is 0 Å². The number of nitrogens with two attached hydrogens (primary N) is 1. The van der Waals surface area contributed by atoms with Gasteiger partial charge < -0.3 is 5.73 Å². The number of thioether (sulfide) groups is 1. The Hall–Kier alpha value is -0.350. The van der Waals surface area contributed by atoms with Crippen LogP contribution in [-0.2, 0) is 0 Å². The van der Waals surface area contributed by atoms with E-state index in [1.807, 2.05) is 0 Å². The molecule has 1 aliphatic carbocycles. The molecule has 0 amide bonds. The van der Waals surface area contributed by atoms with Crippen LogP contribution in [0.1, 0.15) is 32.1 Å². The maximum atomic E-state index is 5.49. The molecule has 3 nitrogen and oxygen atoms in total. The molecule has 0 aromatic heterocycles. The van der Waals surface area contributed by atoms with E-state index in [4.69, 9.17) is 5.73 Å². The van der Waals surface area contributed by atoms with Gasteiger partial charge in [-0.15, -0.1) is 5.10 Å². The fourth-order valence-corrected chi connectivity index (χ4v) is 2.49. The van der Waals surface area contributed by atoms with E-state index in [0.717, 1.165) is 5.04 Å². The molecule has 1 rings (SSSR count). The Morgan fingerprint density at radius 2 is 2.08 bits per heavy atom. The molecule has 1 saturated carbocycles. The highest BCUT2D eigenvalue weighted by Gasteiger charge is 2.19. The molecule has 0 aromatic carbocycles. The average Bonchev–Trinajstić information content (AvgIpc) is 2.19. The first-order valence-electron chi connectivity index (χ1n) is 4.75. The van der Waals surface area contributed by atoms with E-state index < -0.39 is 0 Å². The van der Waals surface area contributed by atoms with Crippen LogP contribution < -0.4 is 5.73 Å². The third-order valence-electron chi connectivity index (χ3n) is 2.35.